The summed E-state index contributed by atoms with van der Waals surface area (Å²) in [5.74, 6) is 0. The molecule has 0 aliphatic heterocycles. The predicted octanol–water partition coefficient (Wildman–Crippen LogP) is 2.26. The van der Waals surface area contributed by atoms with Gasteiger partial charge in [0.1, 0.15) is 5.52 Å². The fraction of sp³-hybridized carbons (Fsp3) is 0.556. The molecule has 0 fully saturated rings. The Morgan fingerprint density at radius 1 is 1.50 bits per heavy atom. The van der Waals surface area contributed by atoms with Gasteiger partial charge in [-0.15, -0.1) is 0 Å². The summed E-state index contributed by atoms with van der Waals surface area (Å²) >= 11 is 5.03. The Hall–Kier alpha value is -1.24. The van der Waals surface area contributed by atoms with Gasteiger partial charge in [-0.25, -0.2) is 8.78 Å². The number of imidazole rings is 1. The van der Waals surface area contributed by atoms with Crippen LogP contribution in [0, 0.1) is 4.77 Å². The van der Waals surface area contributed by atoms with Crippen molar-refractivity contribution in [3.8, 4) is 0 Å². The first-order valence-electron chi connectivity index (χ1n) is 4.97. The van der Waals surface area contributed by atoms with Crippen LogP contribution in [0.2, 0.25) is 0 Å². The van der Waals surface area contributed by atoms with Gasteiger partial charge < -0.3 is 4.98 Å². The Morgan fingerprint density at radius 2 is 2.19 bits per heavy atom. The molecule has 2 rings (SSSR count). The number of hydrogen-bond acceptors (Lipinski definition) is 2. The smallest absolute Gasteiger partial charge is 0.256 e. The fourth-order valence-electron chi connectivity index (χ4n) is 1.83. The molecule has 2 heterocycles. The van der Waals surface area contributed by atoms with Crippen molar-refractivity contribution < 1.29 is 8.78 Å². The molecule has 0 aliphatic rings. The van der Waals surface area contributed by atoms with Crippen LogP contribution in [-0.4, -0.2) is 25.8 Å². The lowest BCUT2D eigenvalue weighted by atomic mass is 10.3. The molecular formula is C9H12F2N4S. The Kier molecular flexibility index (Phi) is 2.79. The molecule has 0 aromatic carbocycles. The second-order valence-corrected chi connectivity index (χ2v) is 3.94. The molecule has 0 amide bonds. The summed E-state index contributed by atoms with van der Waals surface area (Å²) in [5, 5.41) is 4.25. The van der Waals surface area contributed by atoms with Gasteiger partial charge in [0.25, 0.3) is 6.43 Å². The average molecular weight is 246 g/mol. The van der Waals surface area contributed by atoms with Crippen molar-refractivity contribution in [3.05, 3.63) is 10.5 Å². The minimum Gasteiger partial charge on any atom is -0.328 e. The van der Waals surface area contributed by atoms with E-state index in [1.54, 1.807) is 11.7 Å². The van der Waals surface area contributed by atoms with E-state index in [0.717, 1.165) is 17.6 Å². The van der Waals surface area contributed by atoms with Crippen molar-refractivity contribution in [2.45, 2.75) is 26.3 Å². The molecular weight excluding hydrogens is 234 g/mol. The molecule has 2 aromatic heterocycles. The van der Waals surface area contributed by atoms with Gasteiger partial charge in [-0.05, 0) is 18.6 Å². The summed E-state index contributed by atoms with van der Waals surface area (Å²) < 4.78 is 28.1. The van der Waals surface area contributed by atoms with Gasteiger partial charge in [0.05, 0.1) is 12.2 Å². The second kappa shape index (κ2) is 3.97. The van der Waals surface area contributed by atoms with Crippen LogP contribution in [0.4, 0.5) is 8.78 Å². The van der Waals surface area contributed by atoms with Crippen LogP contribution in [0.15, 0.2) is 0 Å². The van der Waals surface area contributed by atoms with Crippen LogP contribution in [0.25, 0.3) is 11.2 Å². The molecule has 4 nitrogen and oxygen atoms in total. The molecule has 0 unspecified atom stereocenters. The number of nitrogens with one attached hydrogen (secondary N) is 1. The number of rotatable bonds is 3. The first kappa shape index (κ1) is 11.3. The van der Waals surface area contributed by atoms with Crippen LogP contribution >= 0.6 is 12.2 Å². The topological polar surface area (TPSA) is 38.5 Å². The summed E-state index contributed by atoms with van der Waals surface area (Å²) in [5.41, 5.74) is 2.23. The highest BCUT2D eigenvalue weighted by molar-refractivity contribution is 7.71. The van der Waals surface area contributed by atoms with E-state index in [-0.39, 0.29) is 0 Å². The van der Waals surface area contributed by atoms with Crippen LogP contribution < -0.4 is 0 Å². The molecule has 0 spiro atoms. The molecule has 0 atom stereocenters. The highest BCUT2D eigenvalue weighted by Crippen LogP contribution is 2.19. The van der Waals surface area contributed by atoms with E-state index in [1.807, 2.05) is 6.92 Å². The van der Waals surface area contributed by atoms with Gasteiger partial charge in [-0.2, -0.15) is 5.10 Å². The molecule has 0 bridgehead atoms. The number of alkyl halides is 2. The van der Waals surface area contributed by atoms with Crippen LogP contribution in [0.1, 0.15) is 12.6 Å². The van der Waals surface area contributed by atoms with E-state index in [0.29, 0.717) is 10.4 Å². The van der Waals surface area contributed by atoms with E-state index in [9.17, 15) is 8.78 Å². The van der Waals surface area contributed by atoms with Crippen LogP contribution in [0.5, 0.6) is 0 Å². The fourth-order valence-corrected chi connectivity index (χ4v) is 2.10. The molecule has 16 heavy (non-hydrogen) atoms. The Labute approximate surface area is 95.9 Å². The summed E-state index contributed by atoms with van der Waals surface area (Å²) in [6.07, 6.45) is -1.69. The molecule has 0 saturated heterocycles. The van der Waals surface area contributed by atoms with Crippen molar-refractivity contribution >= 4 is 23.4 Å². The van der Waals surface area contributed by atoms with Gasteiger partial charge in [-0.1, -0.05) is 6.92 Å². The summed E-state index contributed by atoms with van der Waals surface area (Å²) in [4.78, 5) is 2.93. The lowest BCUT2D eigenvalue weighted by Crippen LogP contribution is -2.09. The summed E-state index contributed by atoms with van der Waals surface area (Å²) in [6.45, 7) is 1.56. The van der Waals surface area contributed by atoms with E-state index < -0.39 is 13.0 Å². The maximum Gasteiger partial charge on any atom is 0.256 e. The van der Waals surface area contributed by atoms with Gasteiger partial charge in [-0.3, -0.25) is 9.25 Å². The third kappa shape index (κ3) is 1.64. The van der Waals surface area contributed by atoms with E-state index in [2.05, 4.69) is 10.1 Å². The lowest BCUT2D eigenvalue weighted by molar-refractivity contribution is 0.127. The first-order chi connectivity index (χ1) is 7.54. The second-order valence-electron chi connectivity index (χ2n) is 3.55. The zero-order chi connectivity index (χ0) is 11.9. The van der Waals surface area contributed by atoms with Crippen molar-refractivity contribution in [2.24, 2.45) is 7.05 Å². The number of aryl methyl sites for hydroxylation is 2. The first-order valence-corrected chi connectivity index (χ1v) is 5.38. The number of H-pyrrole nitrogens is 1. The maximum absolute atomic E-state index is 12.4. The van der Waals surface area contributed by atoms with E-state index >= 15 is 0 Å². The SMILES string of the molecule is CCc1nn(C)c2c1[nH]c(=S)n2CC(F)F. The van der Waals surface area contributed by atoms with Crippen molar-refractivity contribution in [1.82, 2.24) is 19.3 Å². The molecule has 88 valence electrons. The Morgan fingerprint density at radius 3 is 2.75 bits per heavy atom. The number of aromatic amines is 1. The Bertz CT molecular complexity index is 566. The molecule has 1 N–H and O–H groups in total. The van der Waals surface area contributed by atoms with Gasteiger partial charge >= 0.3 is 0 Å². The minimum atomic E-state index is -2.43. The standard InChI is InChI=1S/C9H12F2N4S/c1-3-5-7-8(14(2)13-5)15(4-6(10)11)9(16)12-7/h6H,3-4H2,1-2H3,(H,12,16). The minimum absolute atomic E-state index is 0.318. The van der Waals surface area contributed by atoms with Gasteiger partial charge in [0.15, 0.2) is 10.4 Å². The molecule has 0 aliphatic carbocycles. The van der Waals surface area contributed by atoms with Crippen molar-refractivity contribution in [2.75, 3.05) is 0 Å². The Balaban J connectivity index is 2.69. The third-order valence-electron chi connectivity index (χ3n) is 2.48. The number of hydrogen-bond donors (Lipinski definition) is 1. The van der Waals surface area contributed by atoms with Crippen LogP contribution in [-0.2, 0) is 20.0 Å². The largest absolute Gasteiger partial charge is 0.328 e. The lowest BCUT2D eigenvalue weighted by Gasteiger charge is -2.02. The molecule has 2 aromatic rings. The number of nitrogens with zero attached hydrogens (tertiary/aromatic N) is 3. The zero-order valence-corrected chi connectivity index (χ0v) is 9.81. The van der Waals surface area contributed by atoms with Gasteiger partial charge in [0, 0.05) is 7.05 Å². The quantitative estimate of drug-likeness (QED) is 0.844. The number of aromatic nitrogens is 4. The maximum atomic E-state index is 12.4. The predicted molar refractivity (Wildman–Crippen MR) is 59.3 cm³/mol. The number of fused-ring (bicyclic) bond motifs is 1. The molecule has 0 radical (unpaired) electrons. The normalized spacial score (nSPS) is 11.8. The van der Waals surface area contributed by atoms with E-state index in [4.69, 9.17) is 12.2 Å². The van der Waals surface area contributed by atoms with Crippen LogP contribution in [0.3, 0.4) is 0 Å². The summed E-state index contributed by atoms with van der Waals surface area (Å²) in [6, 6.07) is 0. The number of halogens is 2. The van der Waals surface area contributed by atoms with E-state index in [1.165, 1.54) is 4.57 Å². The molecule has 0 saturated carbocycles. The average Bonchev–Trinajstić information content (AvgIpc) is 2.66. The van der Waals surface area contributed by atoms with Gasteiger partial charge in [0.2, 0.25) is 0 Å². The molecule has 7 heteroatoms. The van der Waals surface area contributed by atoms with Crippen molar-refractivity contribution in [3.63, 3.8) is 0 Å². The third-order valence-corrected chi connectivity index (χ3v) is 2.80. The van der Waals surface area contributed by atoms with Crippen molar-refractivity contribution in [1.29, 1.82) is 0 Å². The monoisotopic (exact) mass is 246 g/mol. The zero-order valence-electron chi connectivity index (χ0n) is 9.00. The summed E-state index contributed by atoms with van der Waals surface area (Å²) in [7, 11) is 1.73. The highest BCUT2D eigenvalue weighted by Gasteiger charge is 2.16. The highest BCUT2D eigenvalue weighted by atomic mass is 32.1.